The van der Waals surface area contributed by atoms with Crippen molar-refractivity contribution >= 4 is 10.2 Å². The highest BCUT2D eigenvalue weighted by molar-refractivity contribution is 7.87. The van der Waals surface area contributed by atoms with Crippen LogP contribution in [-0.4, -0.2) is 39.0 Å². The molecule has 1 N–H and O–H groups in total. The second-order valence-electron chi connectivity index (χ2n) is 4.99. The van der Waals surface area contributed by atoms with Gasteiger partial charge in [0.1, 0.15) is 5.75 Å². The van der Waals surface area contributed by atoms with E-state index in [1.165, 1.54) is 9.87 Å². The van der Waals surface area contributed by atoms with Gasteiger partial charge in [0.15, 0.2) is 0 Å². The summed E-state index contributed by atoms with van der Waals surface area (Å²) in [4.78, 5) is 0. The van der Waals surface area contributed by atoms with E-state index in [2.05, 4.69) is 4.72 Å². The molecule has 1 aromatic carbocycles. The third-order valence-electron chi connectivity index (χ3n) is 3.42. The molecule has 0 saturated carbocycles. The number of nitrogens with one attached hydrogen (secondary N) is 1. The van der Waals surface area contributed by atoms with Crippen LogP contribution >= 0.6 is 0 Å². The van der Waals surface area contributed by atoms with Gasteiger partial charge in [0, 0.05) is 19.1 Å². The van der Waals surface area contributed by atoms with Gasteiger partial charge in [-0.05, 0) is 37.5 Å². The monoisotopic (exact) mass is 314 g/mol. The van der Waals surface area contributed by atoms with Crippen LogP contribution in [0.25, 0.3) is 0 Å². The Hall–Kier alpha value is -1.11. The molecular formula is C15H26N2O3S. The van der Waals surface area contributed by atoms with Gasteiger partial charge in [-0.3, -0.25) is 0 Å². The van der Waals surface area contributed by atoms with Crippen LogP contribution in [-0.2, 0) is 16.6 Å². The molecule has 1 atom stereocenters. The number of aryl methyl sites for hydroxylation is 1. The highest BCUT2D eigenvalue weighted by Crippen LogP contribution is 2.13. The Kier molecular flexibility index (Phi) is 7.14. The van der Waals surface area contributed by atoms with E-state index in [0.29, 0.717) is 13.1 Å². The first-order valence-corrected chi connectivity index (χ1v) is 8.77. The average Bonchev–Trinajstić information content (AvgIpc) is 2.46. The predicted octanol–water partition coefficient (Wildman–Crippen LogP) is 2.19. The summed E-state index contributed by atoms with van der Waals surface area (Å²) in [5.41, 5.74) is 1.17. The van der Waals surface area contributed by atoms with Gasteiger partial charge in [-0.15, -0.1) is 0 Å². The molecule has 0 saturated heterocycles. The molecule has 0 aliphatic heterocycles. The van der Waals surface area contributed by atoms with Gasteiger partial charge in [0.05, 0.1) is 7.11 Å². The first-order valence-electron chi connectivity index (χ1n) is 7.33. The second-order valence-corrected chi connectivity index (χ2v) is 6.70. The summed E-state index contributed by atoms with van der Waals surface area (Å²) in [5.74, 6) is 0.828. The molecule has 1 rings (SSSR count). The fourth-order valence-electron chi connectivity index (χ4n) is 2.13. The maximum absolute atomic E-state index is 12.1. The summed E-state index contributed by atoms with van der Waals surface area (Å²) < 4.78 is 33.5. The smallest absolute Gasteiger partial charge is 0.279 e. The molecule has 0 fully saturated rings. The second kappa shape index (κ2) is 8.36. The van der Waals surface area contributed by atoms with Crippen molar-refractivity contribution < 1.29 is 13.2 Å². The van der Waals surface area contributed by atoms with Crippen molar-refractivity contribution in [3.05, 3.63) is 29.8 Å². The van der Waals surface area contributed by atoms with Crippen molar-refractivity contribution in [1.29, 1.82) is 0 Å². The third-order valence-corrected chi connectivity index (χ3v) is 5.32. The number of hydrogen-bond acceptors (Lipinski definition) is 3. The summed E-state index contributed by atoms with van der Waals surface area (Å²) in [6, 6.07) is 7.74. The van der Waals surface area contributed by atoms with E-state index >= 15 is 0 Å². The summed E-state index contributed by atoms with van der Waals surface area (Å²) in [6.45, 7) is 6.54. The Balaban J connectivity index is 2.51. The molecule has 1 aromatic rings. The van der Waals surface area contributed by atoms with E-state index in [1.54, 1.807) is 7.11 Å². The molecule has 1 unspecified atom stereocenters. The van der Waals surface area contributed by atoms with Gasteiger partial charge in [-0.2, -0.15) is 17.4 Å². The van der Waals surface area contributed by atoms with E-state index in [-0.39, 0.29) is 6.04 Å². The number of methoxy groups -OCH3 is 1. The molecular weight excluding hydrogens is 288 g/mol. The molecule has 0 aliphatic rings. The molecule has 0 radical (unpaired) electrons. The molecule has 0 bridgehead atoms. The topological polar surface area (TPSA) is 58.6 Å². The van der Waals surface area contributed by atoms with Crippen LogP contribution < -0.4 is 9.46 Å². The first-order chi connectivity index (χ1) is 9.92. The fourth-order valence-corrected chi connectivity index (χ4v) is 3.58. The van der Waals surface area contributed by atoms with Crippen LogP contribution in [0.15, 0.2) is 24.3 Å². The fraction of sp³-hybridized carbons (Fsp3) is 0.600. The lowest BCUT2D eigenvalue weighted by molar-refractivity contribution is 0.414. The Morgan fingerprint density at radius 1 is 1.19 bits per heavy atom. The number of ether oxygens (including phenoxy) is 1. The summed E-state index contributed by atoms with van der Waals surface area (Å²) in [6.07, 6.45) is 1.58. The molecule has 0 aromatic heterocycles. The molecule has 0 amide bonds. The van der Waals surface area contributed by atoms with Crippen molar-refractivity contribution in [2.24, 2.45) is 0 Å². The van der Waals surface area contributed by atoms with Crippen molar-refractivity contribution in [2.45, 2.75) is 39.7 Å². The zero-order valence-corrected chi connectivity index (χ0v) is 14.1. The van der Waals surface area contributed by atoms with E-state index < -0.39 is 10.2 Å². The molecule has 0 aliphatic carbocycles. The van der Waals surface area contributed by atoms with Crippen molar-refractivity contribution in [3.63, 3.8) is 0 Å². The van der Waals surface area contributed by atoms with Crippen LogP contribution in [0.4, 0.5) is 0 Å². The van der Waals surface area contributed by atoms with Crippen LogP contribution in [0.2, 0.25) is 0 Å². The molecule has 0 heterocycles. The zero-order chi connectivity index (χ0) is 15.9. The normalized spacial score (nSPS) is 13.4. The highest BCUT2D eigenvalue weighted by Gasteiger charge is 2.20. The third kappa shape index (κ3) is 5.65. The minimum atomic E-state index is -3.37. The van der Waals surface area contributed by atoms with Gasteiger partial charge in [-0.25, -0.2) is 0 Å². The predicted molar refractivity (Wildman–Crippen MR) is 85.8 cm³/mol. The van der Waals surface area contributed by atoms with Gasteiger partial charge >= 0.3 is 0 Å². The largest absolute Gasteiger partial charge is 0.497 e. The number of nitrogens with zero attached hydrogens (tertiary/aromatic N) is 1. The van der Waals surface area contributed by atoms with Crippen molar-refractivity contribution in [2.75, 3.05) is 20.2 Å². The first kappa shape index (κ1) is 17.9. The number of benzene rings is 1. The summed E-state index contributed by atoms with van der Waals surface area (Å²) >= 11 is 0. The van der Waals surface area contributed by atoms with Gasteiger partial charge < -0.3 is 4.74 Å². The van der Waals surface area contributed by atoms with E-state index in [4.69, 9.17) is 4.74 Å². The van der Waals surface area contributed by atoms with Crippen LogP contribution in [0, 0.1) is 0 Å². The summed E-state index contributed by atoms with van der Waals surface area (Å²) in [7, 11) is -1.74. The standard InChI is InChI=1S/C15H26N2O3S/c1-5-17(6-2)21(18,19)16-13(3)7-8-14-9-11-15(20-4)12-10-14/h9-13,16H,5-8H2,1-4H3. The van der Waals surface area contributed by atoms with Crippen LogP contribution in [0.5, 0.6) is 5.75 Å². The Bertz CT molecular complexity index is 510. The Morgan fingerprint density at radius 3 is 2.24 bits per heavy atom. The average molecular weight is 314 g/mol. The zero-order valence-electron chi connectivity index (χ0n) is 13.3. The quantitative estimate of drug-likeness (QED) is 0.760. The lowest BCUT2D eigenvalue weighted by Crippen LogP contribution is -2.44. The number of hydrogen-bond donors (Lipinski definition) is 1. The lowest BCUT2D eigenvalue weighted by atomic mass is 10.1. The molecule has 0 spiro atoms. The Morgan fingerprint density at radius 2 is 1.76 bits per heavy atom. The van der Waals surface area contributed by atoms with E-state index in [9.17, 15) is 8.42 Å². The SMILES string of the molecule is CCN(CC)S(=O)(=O)NC(C)CCc1ccc(OC)cc1. The minimum Gasteiger partial charge on any atom is -0.497 e. The molecule has 21 heavy (non-hydrogen) atoms. The number of rotatable bonds is 9. The Labute approximate surface area is 128 Å². The summed E-state index contributed by atoms with van der Waals surface area (Å²) in [5, 5.41) is 0. The minimum absolute atomic E-state index is 0.0994. The van der Waals surface area contributed by atoms with E-state index in [0.717, 1.165) is 18.6 Å². The van der Waals surface area contributed by atoms with Gasteiger partial charge in [0.25, 0.3) is 10.2 Å². The lowest BCUT2D eigenvalue weighted by Gasteiger charge is -2.22. The van der Waals surface area contributed by atoms with Gasteiger partial charge in [-0.1, -0.05) is 26.0 Å². The van der Waals surface area contributed by atoms with Crippen molar-refractivity contribution in [3.8, 4) is 5.75 Å². The maximum Gasteiger partial charge on any atom is 0.279 e. The van der Waals surface area contributed by atoms with Crippen LogP contribution in [0.3, 0.4) is 0 Å². The van der Waals surface area contributed by atoms with Crippen LogP contribution in [0.1, 0.15) is 32.8 Å². The molecule has 120 valence electrons. The molecule has 6 heteroatoms. The van der Waals surface area contributed by atoms with Crippen molar-refractivity contribution in [1.82, 2.24) is 9.03 Å². The van der Waals surface area contributed by atoms with E-state index in [1.807, 2.05) is 45.0 Å². The highest BCUT2D eigenvalue weighted by atomic mass is 32.2. The molecule has 5 nitrogen and oxygen atoms in total. The van der Waals surface area contributed by atoms with Gasteiger partial charge in [0.2, 0.25) is 0 Å². The maximum atomic E-state index is 12.1.